The summed E-state index contributed by atoms with van der Waals surface area (Å²) in [6, 6.07) is 0. The van der Waals surface area contributed by atoms with Gasteiger partial charge in [0.25, 0.3) is 5.89 Å². The van der Waals surface area contributed by atoms with Crippen molar-refractivity contribution in [3.05, 3.63) is 18.3 Å². The number of aryl methyl sites for hydroxylation is 1. The molecule has 0 saturated carbocycles. The number of imidazole rings is 1. The van der Waals surface area contributed by atoms with Crippen LogP contribution in [0.3, 0.4) is 0 Å². The highest BCUT2D eigenvalue weighted by atomic mass is 16.5. The largest absolute Gasteiger partial charge is 0.366 e. The van der Waals surface area contributed by atoms with Crippen LogP contribution in [0.4, 0.5) is 0 Å². The van der Waals surface area contributed by atoms with E-state index in [1.54, 1.807) is 6.20 Å². The van der Waals surface area contributed by atoms with Crippen LogP contribution in [-0.2, 0) is 11.8 Å². The molecule has 1 N–H and O–H groups in total. The highest BCUT2D eigenvalue weighted by molar-refractivity contribution is 5.42. The van der Waals surface area contributed by atoms with E-state index in [9.17, 15) is 0 Å². The molecule has 7 heteroatoms. The van der Waals surface area contributed by atoms with E-state index in [1.165, 1.54) is 0 Å². The first kappa shape index (κ1) is 10.4. The molecule has 3 rings (SSSR count). The number of hydrogen-bond donors (Lipinski definition) is 1. The van der Waals surface area contributed by atoms with Crippen molar-refractivity contribution in [1.29, 1.82) is 0 Å². The Morgan fingerprint density at radius 1 is 1.53 bits per heavy atom. The van der Waals surface area contributed by atoms with Crippen LogP contribution in [0, 0.1) is 0 Å². The lowest BCUT2D eigenvalue weighted by Crippen LogP contribution is -2.33. The third kappa shape index (κ3) is 1.94. The monoisotopic (exact) mass is 235 g/mol. The summed E-state index contributed by atoms with van der Waals surface area (Å²) in [5.41, 5.74) is 0. The Morgan fingerprint density at radius 3 is 3.18 bits per heavy atom. The van der Waals surface area contributed by atoms with Crippen LogP contribution in [0.1, 0.15) is 12.0 Å². The third-order valence-corrected chi connectivity index (χ3v) is 2.67. The quantitative estimate of drug-likeness (QED) is 0.797. The first-order valence-corrected chi connectivity index (χ1v) is 5.48. The van der Waals surface area contributed by atoms with Crippen LogP contribution in [0.15, 0.2) is 16.9 Å². The van der Waals surface area contributed by atoms with Gasteiger partial charge in [-0.1, -0.05) is 5.16 Å². The SMILES string of the molecule is Cn1ccnc1-c1noc(C2CNCCO2)n1. The standard InChI is InChI=1S/C10H13N5O2/c1-15-4-2-12-9(15)8-13-10(17-14-8)7-6-11-3-5-16-7/h2,4,7,11H,3,5-6H2,1H3. The van der Waals surface area contributed by atoms with E-state index in [2.05, 4.69) is 20.4 Å². The molecular weight excluding hydrogens is 222 g/mol. The smallest absolute Gasteiger partial charge is 0.257 e. The van der Waals surface area contributed by atoms with Crippen molar-refractivity contribution in [3.63, 3.8) is 0 Å². The van der Waals surface area contributed by atoms with Gasteiger partial charge >= 0.3 is 0 Å². The van der Waals surface area contributed by atoms with E-state index in [0.717, 1.165) is 6.54 Å². The van der Waals surface area contributed by atoms with Crippen molar-refractivity contribution < 1.29 is 9.26 Å². The Hall–Kier alpha value is -1.73. The number of morpholine rings is 1. The fourth-order valence-electron chi connectivity index (χ4n) is 1.76. The van der Waals surface area contributed by atoms with Gasteiger partial charge in [0.2, 0.25) is 5.82 Å². The summed E-state index contributed by atoms with van der Waals surface area (Å²) in [4.78, 5) is 8.48. The van der Waals surface area contributed by atoms with Crippen molar-refractivity contribution in [3.8, 4) is 11.6 Å². The zero-order chi connectivity index (χ0) is 11.7. The maximum absolute atomic E-state index is 5.54. The average Bonchev–Trinajstić information content (AvgIpc) is 2.98. The van der Waals surface area contributed by atoms with Gasteiger partial charge in [0.15, 0.2) is 5.82 Å². The summed E-state index contributed by atoms with van der Waals surface area (Å²) in [5.74, 6) is 1.67. The molecule has 0 radical (unpaired) electrons. The maximum atomic E-state index is 5.54. The number of nitrogens with one attached hydrogen (secondary N) is 1. The number of rotatable bonds is 2. The van der Waals surface area contributed by atoms with E-state index in [4.69, 9.17) is 9.26 Å². The lowest BCUT2D eigenvalue weighted by Gasteiger charge is -2.19. The molecule has 1 aliphatic rings. The van der Waals surface area contributed by atoms with Gasteiger partial charge in [0, 0.05) is 32.5 Å². The number of hydrogen-bond acceptors (Lipinski definition) is 6. The number of ether oxygens (including phenoxy) is 1. The molecule has 0 amide bonds. The van der Waals surface area contributed by atoms with Crippen molar-refractivity contribution >= 4 is 0 Å². The predicted octanol–water partition coefficient (Wildman–Crippen LogP) is 0.131. The molecule has 3 heterocycles. The van der Waals surface area contributed by atoms with Crippen molar-refractivity contribution in [2.24, 2.45) is 7.05 Å². The van der Waals surface area contributed by atoms with Crippen LogP contribution in [0.2, 0.25) is 0 Å². The second-order valence-corrected chi connectivity index (χ2v) is 3.88. The minimum atomic E-state index is -0.162. The highest BCUT2D eigenvalue weighted by Crippen LogP contribution is 2.20. The highest BCUT2D eigenvalue weighted by Gasteiger charge is 2.23. The first-order chi connectivity index (χ1) is 8.34. The number of nitrogens with zero attached hydrogens (tertiary/aromatic N) is 4. The molecule has 17 heavy (non-hydrogen) atoms. The van der Waals surface area contributed by atoms with Crippen LogP contribution in [0.25, 0.3) is 11.6 Å². The van der Waals surface area contributed by atoms with E-state index < -0.39 is 0 Å². The fraction of sp³-hybridized carbons (Fsp3) is 0.500. The minimum absolute atomic E-state index is 0.162. The lowest BCUT2D eigenvalue weighted by molar-refractivity contribution is 0.00755. The second kappa shape index (κ2) is 4.27. The molecule has 7 nitrogen and oxygen atoms in total. The van der Waals surface area contributed by atoms with Gasteiger partial charge in [0.05, 0.1) is 6.61 Å². The second-order valence-electron chi connectivity index (χ2n) is 3.88. The maximum Gasteiger partial charge on any atom is 0.257 e. The molecule has 2 aromatic heterocycles. The summed E-state index contributed by atoms with van der Waals surface area (Å²) >= 11 is 0. The van der Waals surface area contributed by atoms with Crippen LogP contribution in [-0.4, -0.2) is 39.4 Å². The van der Waals surface area contributed by atoms with Gasteiger partial charge in [-0.25, -0.2) is 4.98 Å². The normalized spacial score (nSPS) is 20.6. The lowest BCUT2D eigenvalue weighted by atomic mass is 10.3. The topological polar surface area (TPSA) is 78.0 Å². The minimum Gasteiger partial charge on any atom is -0.366 e. The summed E-state index contributed by atoms with van der Waals surface area (Å²) in [7, 11) is 1.89. The average molecular weight is 235 g/mol. The molecule has 0 bridgehead atoms. The zero-order valence-corrected chi connectivity index (χ0v) is 9.46. The van der Waals surface area contributed by atoms with Gasteiger partial charge < -0.3 is 19.1 Å². The summed E-state index contributed by atoms with van der Waals surface area (Å²) in [6.07, 6.45) is 3.37. The molecule has 1 atom stereocenters. The molecule has 1 unspecified atom stereocenters. The molecule has 1 saturated heterocycles. The Morgan fingerprint density at radius 2 is 2.47 bits per heavy atom. The summed E-state index contributed by atoms with van der Waals surface area (Å²) in [6.45, 7) is 2.21. The molecular formula is C10H13N5O2. The van der Waals surface area contributed by atoms with Crippen LogP contribution >= 0.6 is 0 Å². The van der Waals surface area contributed by atoms with E-state index in [1.807, 2.05) is 17.8 Å². The zero-order valence-electron chi connectivity index (χ0n) is 9.46. The van der Waals surface area contributed by atoms with E-state index in [0.29, 0.717) is 30.7 Å². The first-order valence-electron chi connectivity index (χ1n) is 5.48. The third-order valence-electron chi connectivity index (χ3n) is 2.67. The molecule has 1 aliphatic heterocycles. The molecule has 0 aliphatic carbocycles. The van der Waals surface area contributed by atoms with Crippen LogP contribution < -0.4 is 5.32 Å². The van der Waals surface area contributed by atoms with Crippen LogP contribution in [0.5, 0.6) is 0 Å². The Labute approximate surface area is 97.8 Å². The van der Waals surface area contributed by atoms with Gasteiger partial charge in [-0.3, -0.25) is 0 Å². The van der Waals surface area contributed by atoms with E-state index in [-0.39, 0.29) is 6.10 Å². The van der Waals surface area contributed by atoms with Gasteiger partial charge in [-0.15, -0.1) is 0 Å². The molecule has 2 aromatic rings. The number of aromatic nitrogens is 4. The molecule has 0 spiro atoms. The Kier molecular flexibility index (Phi) is 2.62. The Bertz CT molecular complexity index is 500. The fourth-order valence-corrected chi connectivity index (χ4v) is 1.76. The van der Waals surface area contributed by atoms with Crippen molar-refractivity contribution in [2.75, 3.05) is 19.7 Å². The van der Waals surface area contributed by atoms with Gasteiger partial charge in [-0.2, -0.15) is 4.98 Å². The van der Waals surface area contributed by atoms with Gasteiger partial charge in [-0.05, 0) is 0 Å². The summed E-state index contributed by atoms with van der Waals surface area (Å²) in [5, 5.41) is 7.13. The van der Waals surface area contributed by atoms with E-state index >= 15 is 0 Å². The predicted molar refractivity (Wildman–Crippen MR) is 58.1 cm³/mol. The molecule has 0 aromatic carbocycles. The molecule has 90 valence electrons. The van der Waals surface area contributed by atoms with Crippen molar-refractivity contribution in [1.82, 2.24) is 25.0 Å². The van der Waals surface area contributed by atoms with Gasteiger partial charge in [0.1, 0.15) is 6.10 Å². The Balaban J connectivity index is 1.85. The summed E-state index contributed by atoms with van der Waals surface area (Å²) < 4.78 is 12.6. The molecule has 1 fully saturated rings. The van der Waals surface area contributed by atoms with Crippen molar-refractivity contribution in [2.45, 2.75) is 6.10 Å².